The minimum Gasteiger partial charge on any atom is -0.493 e. The first kappa shape index (κ1) is 22.6. The zero-order valence-electron chi connectivity index (χ0n) is 18.8. The number of nitrogen functional groups attached to an aromatic ring is 1. The van der Waals surface area contributed by atoms with Crippen LogP contribution in [0.5, 0.6) is 5.75 Å². The maximum atomic E-state index is 12.9. The fraction of sp³-hybridized carbons (Fsp3) is 0.478. The molecule has 176 valence electrons. The summed E-state index contributed by atoms with van der Waals surface area (Å²) in [5, 5.41) is 12.9. The molecular formula is C23H30N6O4. The number of benzene rings is 1. The van der Waals surface area contributed by atoms with E-state index < -0.39 is 11.9 Å². The summed E-state index contributed by atoms with van der Waals surface area (Å²) in [6, 6.07) is 7.17. The van der Waals surface area contributed by atoms with Crippen LogP contribution in [0, 0.1) is 0 Å². The zero-order chi connectivity index (χ0) is 23.4. The van der Waals surface area contributed by atoms with Gasteiger partial charge in [0.15, 0.2) is 0 Å². The Morgan fingerprint density at radius 3 is 2.88 bits per heavy atom. The average molecular weight is 455 g/mol. The lowest BCUT2D eigenvalue weighted by Gasteiger charge is -2.22. The number of nitrogens with two attached hydrogens (primary N) is 1. The lowest BCUT2D eigenvalue weighted by Crippen LogP contribution is -2.36. The topological polar surface area (TPSA) is 134 Å². The van der Waals surface area contributed by atoms with Crippen molar-refractivity contribution in [3.63, 3.8) is 0 Å². The number of carboxylic acids is 1. The molecule has 2 aliphatic heterocycles. The Kier molecular flexibility index (Phi) is 6.81. The Balaban J connectivity index is 1.33. The quantitative estimate of drug-likeness (QED) is 0.496. The number of rotatable bonds is 10. The largest absolute Gasteiger partial charge is 0.493 e. The van der Waals surface area contributed by atoms with E-state index in [0.717, 1.165) is 29.8 Å². The number of carbonyl (C=O) groups excluding carboxylic acids is 1. The summed E-state index contributed by atoms with van der Waals surface area (Å²) in [4.78, 5) is 36.9. The molecular weight excluding hydrogens is 424 g/mol. The van der Waals surface area contributed by atoms with Crippen LogP contribution in [0.4, 0.5) is 16.6 Å². The van der Waals surface area contributed by atoms with Crippen LogP contribution in [0.2, 0.25) is 0 Å². The molecule has 2 amide bonds. The molecule has 33 heavy (non-hydrogen) atoms. The smallest absolute Gasteiger partial charge is 0.320 e. The summed E-state index contributed by atoms with van der Waals surface area (Å²) in [7, 11) is 0. The van der Waals surface area contributed by atoms with Crippen LogP contribution in [-0.4, -0.2) is 76.2 Å². The molecule has 1 aromatic carbocycles. The maximum absolute atomic E-state index is 12.9. The standard InChI is InChI=1S/C23H30N6O4/c1-2-25-22-26-17(13-20(24)27-22)4-3-8-28-9-10-29(23(28)32)14-18(21(30)31)16-6-5-15-7-11-33-19(15)12-16/h5-6,12-13,18H,2-4,7-11,14H2,1H3,(H,30,31)(H3,24,25,26,27)/t18-/m1/s1. The molecule has 1 fully saturated rings. The number of urea groups is 1. The lowest BCUT2D eigenvalue weighted by atomic mass is 9.96. The van der Waals surface area contributed by atoms with E-state index in [0.29, 0.717) is 56.5 Å². The van der Waals surface area contributed by atoms with Gasteiger partial charge in [0.25, 0.3) is 0 Å². The molecule has 10 nitrogen and oxygen atoms in total. The molecule has 0 unspecified atom stereocenters. The van der Waals surface area contributed by atoms with Crippen LogP contribution in [0.15, 0.2) is 24.3 Å². The Hall–Kier alpha value is -3.56. The SMILES string of the molecule is CCNc1nc(N)cc(CCCN2CCN(C[C@@H](C(=O)O)c3ccc4c(c3)OCC4)C2=O)n1. The highest BCUT2D eigenvalue weighted by Crippen LogP contribution is 2.30. The molecule has 0 spiro atoms. The van der Waals surface area contributed by atoms with E-state index in [-0.39, 0.29) is 12.6 Å². The van der Waals surface area contributed by atoms with Gasteiger partial charge in [-0.3, -0.25) is 4.79 Å². The first-order valence-corrected chi connectivity index (χ1v) is 11.3. The number of anilines is 2. The van der Waals surface area contributed by atoms with Crippen molar-refractivity contribution < 1.29 is 19.4 Å². The number of carbonyl (C=O) groups is 2. The van der Waals surface area contributed by atoms with Gasteiger partial charge in [-0.25, -0.2) is 9.78 Å². The van der Waals surface area contributed by atoms with E-state index in [4.69, 9.17) is 10.5 Å². The van der Waals surface area contributed by atoms with E-state index in [1.807, 2.05) is 19.1 Å². The first-order valence-electron chi connectivity index (χ1n) is 11.3. The van der Waals surface area contributed by atoms with Gasteiger partial charge in [-0.05, 0) is 37.0 Å². The monoisotopic (exact) mass is 454 g/mol. The second-order valence-electron chi connectivity index (χ2n) is 8.31. The average Bonchev–Trinajstić information content (AvgIpc) is 3.38. The van der Waals surface area contributed by atoms with Gasteiger partial charge in [0, 0.05) is 50.9 Å². The molecule has 0 saturated carbocycles. The zero-order valence-corrected chi connectivity index (χ0v) is 18.8. The van der Waals surface area contributed by atoms with Crippen LogP contribution in [0.3, 0.4) is 0 Å². The number of ether oxygens (including phenoxy) is 1. The third-order valence-corrected chi connectivity index (χ3v) is 6.00. The van der Waals surface area contributed by atoms with Crippen molar-refractivity contribution in [1.29, 1.82) is 0 Å². The molecule has 4 N–H and O–H groups in total. The minimum absolute atomic E-state index is 0.130. The van der Waals surface area contributed by atoms with Crippen molar-refractivity contribution in [3.05, 3.63) is 41.1 Å². The molecule has 0 aliphatic carbocycles. The summed E-state index contributed by atoms with van der Waals surface area (Å²) in [6.07, 6.45) is 2.23. The van der Waals surface area contributed by atoms with Gasteiger partial charge >= 0.3 is 12.0 Å². The van der Waals surface area contributed by atoms with Gasteiger partial charge in [-0.2, -0.15) is 4.98 Å². The number of aliphatic carboxylic acids is 1. The number of hydrogen-bond donors (Lipinski definition) is 3. The van der Waals surface area contributed by atoms with Crippen LogP contribution in [0.25, 0.3) is 0 Å². The molecule has 3 heterocycles. The van der Waals surface area contributed by atoms with Gasteiger partial charge in [0.1, 0.15) is 11.6 Å². The summed E-state index contributed by atoms with van der Waals surface area (Å²) in [5.74, 6) is -0.0756. The molecule has 10 heteroatoms. The third kappa shape index (κ3) is 5.27. The molecule has 0 bridgehead atoms. The summed E-state index contributed by atoms with van der Waals surface area (Å²) >= 11 is 0. The fourth-order valence-corrected chi connectivity index (χ4v) is 4.29. The van der Waals surface area contributed by atoms with Crippen molar-refractivity contribution in [3.8, 4) is 5.75 Å². The van der Waals surface area contributed by atoms with E-state index in [1.165, 1.54) is 0 Å². The summed E-state index contributed by atoms with van der Waals surface area (Å²) < 4.78 is 5.58. The first-order chi connectivity index (χ1) is 15.9. The Morgan fingerprint density at radius 2 is 2.09 bits per heavy atom. The molecule has 1 aromatic heterocycles. The number of amides is 2. The van der Waals surface area contributed by atoms with E-state index in [2.05, 4.69) is 15.3 Å². The fourth-order valence-electron chi connectivity index (χ4n) is 4.29. The third-order valence-electron chi connectivity index (χ3n) is 6.00. The van der Waals surface area contributed by atoms with E-state index >= 15 is 0 Å². The molecule has 2 aliphatic rings. The lowest BCUT2D eigenvalue weighted by molar-refractivity contribution is -0.139. The number of aryl methyl sites for hydroxylation is 1. The maximum Gasteiger partial charge on any atom is 0.320 e. The van der Waals surface area contributed by atoms with Crippen LogP contribution >= 0.6 is 0 Å². The van der Waals surface area contributed by atoms with Gasteiger partial charge in [0.2, 0.25) is 5.95 Å². The predicted octanol–water partition coefficient (Wildman–Crippen LogP) is 1.96. The molecule has 1 saturated heterocycles. The van der Waals surface area contributed by atoms with Crippen LogP contribution < -0.4 is 15.8 Å². The number of carboxylic acid groups (broad SMARTS) is 1. The van der Waals surface area contributed by atoms with Crippen molar-refractivity contribution >= 4 is 23.8 Å². The summed E-state index contributed by atoms with van der Waals surface area (Å²) in [5.41, 5.74) is 8.43. The molecule has 2 aromatic rings. The number of fused-ring (bicyclic) bond motifs is 1. The Labute approximate surface area is 192 Å². The van der Waals surface area contributed by atoms with E-state index in [1.54, 1.807) is 21.9 Å². The highest BCUT2D eigenvalue weighted by atomic mass is 16.5. The predicted molar refractivity (Wildman–Crippen MR) is 123 cm³/mol. The summed E-state index contributed by atoms with van der Waals surface area (Å²) in [6.45, 7) is 5.08. The van der Waals surface area contributed by atoms with Crippen LogP contribution in [-0.2, 0) is 17.6 Å². The second kappa shape index (κ2) is 9.93. The van der Waals surface area contributed by atoms with Gasteiger partial charge < -0.3 is 30.7 Å². The van der Waals surface area contributed by atoms with Gasteiger partial charge in [-0.15, -0.1) is 0 Å². The second-order valence-corrected chi connectivity index (χ2v) is 8.31. The highest BCUT2D eigenvalue weighted by molar-refractivity contribution is 5.80. The number of aromatic nitrogens is 2. The molecule has 0 radical (unpaired) electrons. The van der Waals surface area contributed by atoms with Crippen molar-refractivity contribution in [1.82, 2.24) is 19.8 Å². The van der Waals surface area contributed by atoms with Gasteiger partial charge in [0.05, 0.1) is 12.5 Å². The van der Waals surface area contributed by atoms with E-state index in [9.17, 15) is 14.7 Å². The molecule has 4 rings (SSSR count). The number of hydrogen-bond acceptors (Lipinski definition) is 7. The van der Waals surface area contributed by atoms with Crippen LogP contribution in [0.1, 0.15) is 36.1 Å². The number of nitrogens with one attached hydrogen (secondary N) is 1. The minimum atomic E-state index is -0.947. The Morgan fingerprint density at radius 1 is 1.27 bits per heavy atom. The molecule has 1 atom stereocenters. The van der Waals surface area contributed by atoms with Crippen molar-refractivity contribution in [2.24, 2.45) is 0 Å². The van der Waals surface area contributed by atoms with Crippen molar-refractivity contribution in [2.75, 3.05) is 50.4 Å². The highest BCUT2D eigenvalue weighted by Gasteiger charge is 2.33. The normalized spacial score (nSPS) is 16.0. The Bertz CT molecular complexity index is 1030. The van der Waals surface area contributed by atoms with Gasteiger partial charge in [-0.1, -0.05) is 12.1 Å². The van der Waals surface area contributed by atoms with Crippen molar-refractivity contribution in [2.45, 2.75) is 32.1 Å². The number of nitrogens with zero attached hydrogens (tertiary/aromatic N) is 4.